The van der Waals surface area contributed by atoms with Gasteiger partial charge in [-0.25, -0.2) is 4.79 Å². The highest BCUT2D eigenvalue weighted by atomic mass is 16.6. The smallest absolute Gasteiger partial charge is 0.407 e. The molecule has 1 aliphatic rings. The Kier molecular flexibility index (Phi) is 8.86. The fraction of sp³-hybridized carbons (Fsp3) is 0.462. The van der Waals surface area contributed by atoms with E-state index in [0.29, 0.717) is 0 Å². The Morgan fingerprint density at radius 1 is 0.848 bits per heavy atom. The van der Waals surface area contributed by atoms with Gasteiger partial charge >= 0.3 is 6.09 Å². The summed E-state index contributed by atoms with van der Waals surface area (Å²) >= 11 is 0. The van der Waals surface area contributed by atoms with Crippen molar-refractivity contribution in [2.45, 2.75) is 45.9 Å². The molecule has 3 rings (SSSR count). The van der Waals surface area contributed by atoms with E-state index in [9.17, 15) is 9.59 Å². The number of hydrogen-bond acceptors (Lipinski definition) is 5. The molecular weight excluding hydrogens is 416 g/mol. The lowest BCUT2D eigenvalue weighted by Gasteiger charge is -2.34. The van der Waals surface area contributed by atoms with Crippen LogP contribution in [0.2, 0.25) is 0 Å². The number of carbonyl (C=O) groups excluding carboxylic acids is 2. The predicted octanol–water partition coefficient (Wildman–Crippen LogP) is 3.86. The van der Waals surface area contributed by atoms with Gasteiger partial charge < -0.3 is 15.4 Å². The third-order valence-corrected chi connectivity index (χ3v) is 5.38. The van der Waals surface area contributed by atoms with Crippen LogP contribution in [0.3, 0.4) is 0 Å². The molecule has 2 aromatic rings. The molecule has 0 unspecified atom stereocenters. The lowest BCUT2D eigenvalue weighted by molar-refractivity contribution is -0.116. The Hall–Kier alpha value is -2.90. The molecule has 1 fully saturated rings. The molecule has 178 valence electrons. The van der Waals surface area contributed by atoms with Crippen molar-refractivity contribution in [2.24, 2.45) is 0 Å². The first-order valence-electron chi connectivity index (χ1n) is 11.6. The van der Waals surface area contributed by atoms with E-state index in [1.165, 1.54) is 11.1 Å². The number of ether oxygens (including phenoxy) is 1. The third-order valence-electron chi connectivity index (χ3n) is 5.38. The summed E-state index contributed by atoms with van der Waals surface area (Å²) in [4.78, 5) is 28.7. The average Bonchev–Trinajstić information content (AvgIpc) is 2.76. The number of anilines is 1. The van der Waals surface area contributed by atoms with E-state index < -0.39 is 11.7 Å². The van der Waals surface area contributed by atoms with E-state index >= 15 is 0 Å². The second kappa shape index (κ2) is 11.8. The quantitative estimate of drug-likeness (QED) is 0.636. The van der Waals surface area contributed by atoms with Crippen LogP contribution in [0.1, 0.15) is 38.3 Å². The van der Waals surface area contributed by atoms with Gasteiger partial charge in [-0.15, -0.1) is 0 Å². The number of nitrogens with zero attached hydrogens (tertiary/aromatic N) is 2. The molecular formula is C26H36N4O3. The summed E-state index contributed by atoms with van der Waals surface area (Å²) in [5, 5.41) is 5.47. The maximum absolute atomic E-state index is 12.1. The molecule has 0 bridgehead atoms. The number of amides is 2. The van der Waals surface area contributed by atoms with E-state index in [0.717, 1.165) is 45.0 Å². The lowest BCUT2D eigenvalue weighted by Crippen LogP contribution is -2.45. The fourth-order valence-corrected chi connectivity index (χ4v) is 3.71. The normalized spacial score (nSPS) is 15.1. The summed E-state index contributed by atoms with van der Waals surface area (Å²) in [5.74, 6) is -0.145. The van der Waals surface area contributed by atoms with Gasteiger partial charge in [0.1, 0.15) is 5.60 Å². The predicted molar refractivity (Wildman–Crippen MR) is 131 cm³/mol. The Morgan fingerprint density at radius 3 is 1.94 bits per heavy atom. The fourth-order valence-electron chi connectivity index (χ4n) is 3.71. The minimum Gasteiger partial charge on any atom is -0.444 e. The minimum absolute atomic E-state index is 0.145. The molecule has 7 nitrogen and oxygen atoms in total. The molecule has 1 heterocycles. The van der Waals surface area contributed by atoms with E-state index in [1.807, 2.05) is 12.1 Å². The zero-order valence-corrected chi connectivity index (χ0v) is 20.0. The highest BCUT2D eigenvalue weighted by Gasteiger charge is 2.17. The van der Waals surface area contributed by atoms with Crippen LogP contribution in [0.4, 0.5) is 10.5 Å². The molecule has 1 aliphatic heterocycles. The first-order chi connectivity index (χ1) is 15.8. The molecule has 0 atom stereocenters. The van der Waals surface area contributed by atoms with Gasteiger partial charge in [-0.2, -0.15) is 0 Å². The Labute approximate surface area is 197 Å². The highest BCUT2D eigenvalue weighted by Crippen LogP contribution is 2.14. The van der Waals surface area contributed by atoms with Gasteiger partial charge in [0.25, 0.3) is 0 Å². The number of carbonyl (C=O) groups is 2. The van der Waals surface area contributed by atoms with Crippen molar-refractivity contribution >= 4 is 17.7 Å². The number of benzene rings is 2. The first kappa shape index (κ1) is 24.7. The zero-order chi connectivity index (χ0) is 23.7. The van der Waals surface area contributed by atoms with Crippen LogP contribution in [0.25, 0.3) is 0 Å². The highest BCUT2D eigenvalue weighted by molar-refractivity contribution is 5.91. The molecule has 1 saturated heterocycles. The number of piperazine rings is 1. The van der Waals surface area contributed by atoms with Gasteiger partial charge in [-0.1, -0.05) is 42.5 Å². The van der Waals surface area contributed by atoms with Crippen LogP contribution in [0.15, 0.2) is 54.6 Å². The third kappa shape index (κ3) is 9.24. The van der Waals surface area contributed by atoms with Crippen molar-refractivity contribution in [1.29, 1.82) is 0 Å². The van der Waals surface area contributed by atoms with Crippen molar-refractivity contribution in [3.8, 4) is 0 Å². The molecule has 0 saturated carbocycles. The molecule has 2 N–H and O–H groups in total. The Bertz CT molecular complexity index is 886. The summed E-state index contributed by atoms with van der Waals surface area (Å²) in [5.41, 5.74) is 2.80. The van der Waals surface area contributed by atoms with Crippen LogP contribution < -0.4 is 10.6 Å². The summed E-state index contributed by atoms with van der Waals surface area (Å²) < 4.78 is 5.16. The monoisotopic (exact) mass is 452 g/mol. The maximum atomic E-state index is 12.1. The Balaban J connectivity index is 1.34. The van der Waals surface area contributed by atoms with Crippen LogP contribution in [0, 0.1) is 0 Å². The second-order valence-electron chi connectivity index (χ2n) is 9.46. The molecule has 7 heteroatoms. The first-order valence-corrected chi connectivity index (χ1v) is 11.6. The van der Waals surface area contributed by atoms with Crippen LogP contribution in [-0.2, 0) is 22.6 Å². The van der Waals surface area contributed by atoms with E-state index in [-0.39, 0.29) is 18.9 Å². The second-order valence-corrected chi connectivity index (χ2v) is 9.46. The summed E-state index contributed by atoms with van der Waals surface area (Å²) in [6.07, 6.45) is -0.325. The average molecular weight is 453 g/mol. The van der Waals surface area contributed by atoms with Crippen LogP contribution in [-0.4, -0.2) is 60.1 Å². The number of alkyl carbamates (subject to hydrolysis) is 1. The topological polar surface area (TPSA) is 73.9 Å². The zero-order valence-electron chi connectivity index (χ0n) is 20.0. The molecule has 33 heavy (non-hydrogen) atoms. The lowest BCUT2D eigenvalue weighted by atomic mass is 10.1. The van der Waals surface area contributed by atoms with Crippen molar-refractivity contribution in [2.75, 3.05) is 38.0 Å². The van der Waals surface area contributed by atoms with Crippen molar-refractivity contribution in [3.05, 3.63) is 65.7 Å². The minimum atomic E-state index is -0.552. The van der Waals surface area contributed by atoms with Gasteiger partial charge in [0, 0.05) is 57.9 Å². The van der Waals surface area contributed by atoms with Gasteiger partial charge in [0.05, 0.1) is 0 Å². The van der Waals surface area contributed by atoms with Crippen LogP contribution in [0.5, 0.6) is 0 Å². The van der Waals surface area contributed by atoms with E-state index in [1.54, 1.807) is 20.8 Å². The van der Waals surface area contributed by atoms with Gasteiger partial charge in [-0.3, -0.25) is 14.6 Å². The number of nitrogens with one attached hydrogen (secondary N) is 2. The SMILES string of the molecule is CC(C)(C)OC(=O)NCCC(=O)Nc1ccc(CN2CCN(Cc3ccccc3)CC2)cc1. The molecule has 0 spiro atoms. The largest absolute Gasteiger partial charge is 0.444 e. The summed E-state index contributed by atoms with van der Waals surface area (Å²) in [6, 6.07) is 18.6. The van der Waals surface area contributed by atoms with Gasteiger partial charge in [-0.05, 0) is 44.0 Å². The van der Waals surface area contributed by atoms with E-state index in [4.69, 9.17) is 4.74 Å². The van der Waals surface area contributed by atoms with Crippen molar-refractivity contribution in [1.82, 2.24) is 15.1 Å². The van der Waals surface area contributed by atoms with E-state index in [2.05, 4.69) is 62.9 Å². The van der Waals surface area contributed by atoms with Gasteiger partial charge in [0.15, 0.2) is 0 Å². The standard InChI is InChI=1S/C26H36N4O3/c1-26(2,3)33-25(32)27-14-13-24(31)28-23-11-9-22(10-12-23)20-30-17-15-29(16-18-30)19-21-7-5-4-6-8-21/h4-12H,13-20H2,1-3H3,(H,27,32)(H,28,31). The number of rotatable bonds is 8. The van der Waals surface area contributed by atoms with Crippen molar-refractivity contribution < 1.29 is 14.3 Å². The summed E-state index contributed by atoms with van der Waals surface area (Å²) in [6.45, 7) is 11.8. The van der Waals surface area contributed by atoms with Gasteiger partial charge in [0.2, 0.25) is 5.91 Å². The maximum Gasteiger partial charge on any atom is 0.407 e. The molecule has 2 aromatic carbocycles. The molecule has 0 aliphatic carbocycles. The molecule has 0 aromatic heterocycles. The number of hydrogen-bond donors (Lipinski definition) is 2. The molecule has 2 amide bonds. The van der Waals surface area contributed by atoms with Crippen molar-refractivity contribution in [3.63, 3.8) is 0 Å². The van der Waals surface area contributed by atoms with Crippen LogP contribution >= 0.6 is 0 Å². The summed E-state index contributed by atoms with van der Waals surface area (Å²) in [7, 11) is 0. The molecule has 0 radical (unpaired) electrons. The Morgan fingerprint density at radius 2 is 1.39 bits per heavy atom.